The summed E-state index contributed by atoms with van der Waals surface area (Å²) < 4.78 is 41.6. The van der Waals surface area contributed by atoms with Crippen molar-refractivity contribution in [1.29, 1.82) is 0 Å². The van der Waals surface area contributed by atoms with Crippen molar-refractivity contribution in [3.63, 3.8) is 0 Å². The van der Waals surface area contributed by atoms with E-state index in [1.165, 1.54) is 0 Å². The molecule has 0 aliphatic heterocycles. The average Bonchev–Trinajstić information content (AvgIpc) is 2.23. The molecule has 0 aromatic heterocycles. The van der Waals surface area contributed by atoms with Crippen LogP contribution in [0, 0.1) is 0 Å². The smallest absolute Gasteiger partial charge is 0.458 e. The molecule has 0 fully saturated rings. The molecule has 1 atom stereocenters. The molecule has 0 aliphatic carbocycles. The topological polar surface area (TPSA) is 81.4 Å². The van der Waals surface area contributed by atoms with Crippen LogP contribution in [0.15, 0.2) is 0 Å². The average molecular weight is 298 g/mol. The zero-order chi connectivity index (χ0) is 16.0. The summed E-state index contributed by atoms with van der Waals surface area (Å²) in [5, 5.41) is 1.66. The van der Waals surface area contributed by atoms with Gasteiger partial charge in [0, 0.05) is 0 Å². The number of alkyl halides is 3. The number of nitrogens with two attached hydrogens (primary N) is 1. The van der Waals surface area contributed by atoms with Crippen molar-refractivity contribution >= 4 is 11.9 Å². The number of hydrogen-bond donors (Lipinski definition) is 2. The summed E-state index contributed by atoms with van der Waals surface area (Å²) in [4.78, 5) is 22.7. The fourth-order valence-corrected chi connectivity index (χ4v) is 1.35. The highest BCUT2D eigenvalue weighted by Crippen LogP contribution is 2.17. The fourth-order valence-electron chi connectivity index (χ4n) is 1.35. The summed E-state index contributed by atoms with van der Waals surface area (Å²) >= 11 is 0. The Bertz CT molecular complexity index is 338. The molecule has 0 spiro atoms. The lowest BCUT2D eigenvalue weighted by molar-refractivity contribution is -0.177. The minimum atomic E-state index is -5.03. The van der Waals surface area contributed by atoms with E-state index in [0.717, 1.165) is 0 Å². The molecular formula is C12H21F3N2O3. The molecule has 0 radical (unpaired) electrons. The zero-order valence-electron chi connectivity index (χ0n) is 11.8. The number of amides is 1. The van der Waals surface area contributed by atoms with Crippen molar-refractivity contribution in [2.75, 3.05) is 6.54 Å². The van der Waals surface area contributed by atoms with Crippen LogP contribution in [-0.4, -0.2) is 36.2 Å². The summed E-state index contributed by atoms with van der Waals surface area (Å²) in [6, 6.07) is -1.32. The number of carbonyl (C=O) groups is 2. The van der Waals surface area contributed by atoms with Gasteiger partial charge < -0.3 is 15.8 Å². The first kappa shape index (κ1) is 18.7. The standard InChI is InChI=1S/C12H21F3N2O3/c1-11(2,3)20-9(18)8(6-4-5-7-16)17-10(19)12(13,14)15/h8H,4-7,16H2,1-3H3,(H,17,19). The van der Waals surface area contributed by atoms with Gasteiger partial charge in [-0.25, -0.2) is 4.79 Å². The zero-order valence-corrected chi connectivity index (χ0v) is 11.8. The maximum atomic E-state index is 12.2. The number of carbonyl (C=O) groups excluding carboxylic acids is 2. The Labute approximate surface area is 116 Å². The van der Waals surface area contributed by atoms with Crippen molar-refractivity contribution in [2.24, 2.45) is 5.73 Å². The van der Waals surface area contributed by atoms with E-state index in [1.54, 1.807) is 26.1 Å². The van der Waals surface area contributed by atoms with Gasteiger partial charge in [-0.2, -0.15) is 13.2 Å². The normalized spacial score (nSPS) is 13.8. The van der Waals surface area contributed by atoms with E-state index in [-0.39, 0.29) is 6.42 Å². The van der Waals surface area contributed by atoms with Gasteiger partial charge in [-0.15, -0.1) is 0 Å². The number of nitrogens with one attached hydrogen (secondary N) is 1. The van der Waals surface area contributed by atoms with Gasteiger partial charge in [0.25, 0.3) is 0 Å². The highest BCUT2D eigenvalue weighted by molar-refractivity contribution is 5.87. The number of unbranched alkanes of at least 4 members (excludes halogenated alkanes) is 1. The first-order valence-corrected chi connectivity index (χ1v) is 6.28. The molecule has 0 aliphatic rings. The van der Waals surface area contributed by atoms with Crippen molar-refractivity contribution in [1.82, 2.24) is 5.32 Å². The molecule has 3 N–H and O–H groups in total. The second-order valence-corrected chi connectivity index (χ2v) is 5.34. The van der Waals surface area contributed by atoms with E-state index in [2.05, 4.69) is 0 Å². The third-order valence-corrected chi connectivity index (χ3v) is 2.20. The Morgan fingerprint density at radius 1 is 1.20 bits per heavy atom. The van der Waals surface area contributed by atoms with Gasteiger partial charge in [-0.05, 0) is 46.6 Å². The van der Waals surface area contributed by atoms with Crippen molar-refractivity contribution in [2.45, 2.75) is 57.9 Å². The molecule has 118 valence electrons. The van der Waals surface area contributed by atoms with Crippen molar-refractivity contribution < 1.29 is 27.5 Å². The summed E-state index contributed by atoms with van der Waals surface area (Å²) in [6.45, 7) is 5.13. The number of rotatable bonds is 6. The molecule has 20 heavy (non-hydrogen) atoms. The van der Waals surface area contributed by atoms with Crippen LogP contribution >= 0.6 is 0 Å². The van der Waals surface area contributed by atoms with Gasteiger partial charge in [-0.3, -0.25) is 4.79 Å². The van der Waals surface area contributed by atoms with Gasteiger partial charge in [-0.1, -0.05) is 0 Å². The lowest BCUT2D eigenvalue weighted by Crippen LogP contribution is -2.48. The highest BCUT2D eigenvalue weighted by atomic mass is 19.4. The van der Waals surface area contributed by atoms with Crippen LogP contribution in [0.4, 0.5) is 13.2 Å². The molecule has 0 aromatic carbocycles. The third-order valence-electron chi connectivity index (χ3n) is 2.20. The van der Waals surface area contributed by atoms with Crippen LogP contribution in [-0.2, 0) is 14.3 Å². The number of ether oxygens (including phenoxy) is 1. The van der Waals surface area contributed by atoms with E-state index >= 15 is 0 Å². The number of esters is 1. The van der Waals surface area contributed by atoms with E-state index in [1.807, 2.05) is 0 Å². The second-order valence-electron chi connectivity index (χ2n) is 5.34. The molecule has 0 aromatic rings. The van der Waals surface area contributed by atoms with E-state index in [0.29, 0.717) is 19.4 Å². The van der Waals surface area contributed by atoms with Crippen LogP contribution in [0.3, 0.4) is 0 Å². The molecule has 0 bridgehead atoms. The SMILES string of the molecule is CC(C)(C)OC(=O)C(CCCCN)NC(=O)C(F)(F)F. The van der Waals surface area contributed by atoms with Crippen LogP contribution in [0.1, 0.15) is 40.0 Å². The number of hydrogen-bond acceptors (Lipinski definition) is 4. The van der Waals surface area contributed by atoms with Crippen molar-refractivity contribution in [3.05, 3.63) is 0 Å². The van der Waals surface area contributed by atoms with Gasteiger partial charge in [0.1, 0.15) is 11.6 Å². The Balaban J connectivity index is 4.72. The van der Waals surface area contributed by atoms with Gasteiger partial charge in [0.05, 0.1) is 0 Å². The minimum Gasteiger partial charge on any atom is -0.458 e. The summed E-state index contributed by atoms with van der Waals surface area (Å²) in [6.07, 6.45) is -4.03. The van der Waals surface area contributed by atoms with Crippen LogP contribution in [0.2, 0.25) is 0 Å². The summed E-state index contributed by atoms with van der Waals surface area (Å²) in [5.74, 6) is -3.03. The Kier molecular flexibility index (Phi) is 6.98. The number of halogens is 3. The Morgan fingerprint density at radius 2 is 1.75 bits per heavy atom. The van der Waals surface area contributed by atoms with E-state index < -0.39 is 29.7 Å². The van der Waals surface area contributed by atoms with Gasteiger partial charge in [0.2, 0.25) is 0 Å². The van der Waals surface area contributed by atoms with Crippen LogP contribution in [0.25, 0.3) is 0 Å². The predicted molar refractivity (Wildman–Crippen MR) is 66.7 cm³/mol. The van der Waals surface area contributed by atoms with E-state index in [4.69, 9.17) is 10.5 Å². The van der Waals surface area contributed by atoms with Crippen LogP contribution < -0.4 is 11.1 Å². The molecule has 1 unspecified atom stereocenters. The highest BCUT2D eigenvalue weighted by Gasteiger charge is 2.41. The fraction of sp³-hybridized carbons (Fsp3) is 0.833. The monoisotopic (exact) mass is 298 g/mol. The largest absolute Gasteiger partial charge is 0.471 e. The quantitative estimate of drug-likeness (QED) is 0.575. The second kappa shape index (κ2) is 7.47. The molecule has 5 nitrogen and oxygen atoms in total. The van der Waals surface area contributed by atoms with Gasteiger partial charge in [0.15, 0.2) is 0 Å². The maximum absolute atomic E-state index is 12.2. The first-order valence-electron chi connectivity index (χ1n) is 6.28. The Morgan fingerprint density at radius 3 is 2.15 bits per heavy atom. The molecule has 0 saturated carbocycles. The lowest BCUT2D eigenvalue weighted by atomic mass is 10.1. The van der Waals surface area contributed by atoms with Crippen LogP contribution in [0.5, 0.6) is 0 Å². The maximum Gasteiger partial charge on any atom is 0.471 e. The first-order chi connectivity index (χ1) is 8.97. The molecule has 0 heterocycles. The third kappa shape index (κ3) is 7.98. The van der Waals surface area contributed by atoms with Crippen molar-refractivity contribution in [3.8, 4) is 0 Å². The lowest BCUT2D eigenvalue weighted by Gasteiger charge is -2.24. The summed E-state index contributed by atoms with van der Waals surface area (Å²) in [5.41, 5.74) is 4.44. The molecular weight excluding hydrogens is 277 g/mol. The predicted octanol–water partition coefficient (Wildman–Crippen LogP) is 1.50. The molecule has 0 rings (SSSR count). The molecule has 1 amide bonds. The molecule has 8 heteroatoms. The Hall–Kier alpha value is -1.31. The van der Waals surface area contributed by atoms with Gasteiger partial charge >= 0.3 is 18.1 Å². The summed E-state index contributed by atoms with van der Waals surface area (Å²) in [7, 11) is 0. The van der Waals surface area contributed by atoms with E-state index in [9.17, 15) is 22.8 Å². The molecule has 0 saturated heterocycles. The minimum absolute atomic E-state index is 0.0495.